The highest BCUT2D eigenvalue weighted by Crippen LogP contribution is 2.28. The van der Waals surface area contributed by atoms with Crippen molar-refractivity contribution >= 4 is 0 Å². The van der Waals surface area contributed by atoms with Gasteiger partial charge in [0.25, 0.3) is 0 Å². The number of nitrogens with one attached hydrogen (secondary N) is 1. The Morgan fingerprint density at radius 3 is 2.70 bits per heavy atom. The maximum Gasteiger partial charge on any atom is 0.219 e. The zero-order chi connectivity index (χ0) is 14.5. The molecule has 0 unspecified atom stereocenters. The Balaban J connectivity index is 2.25. The monoisotopic (exact) mass is 270 g/mol. The van der Waals surface area contributed by atoms with E-state index in [0.717, 1.165) is 23.4 Å². The van der Waals surface area contributed by atoms with E-state index in [1.54, 1.807) is 6.20 Å². The van der Waals surface area contributed by atoms with Gasteiger partial charge in [-0.15, -0.1) is 0 Å². The number of hydrogen-bond acceptors (Lipinski definition) is 3. The second kappa shape index (κ2) is 6.53. The molecule has 0 spiro atoms. The van der Waals surface area contributed by atoms with Gasteiger partial charge in [0, 0.05) is 18.8 Å². The zero-order valence-electron chi connectivity index (χ0n) is 12.6. The molecule has 0 aliphatic heterocycles. The summed E-state index contributed by atoms with van der Waals surface area (Å²) < 4.78 is 5.95. The molecule has 0 aliphatic rings. The quantitative estimate of drug-likeness (QED) is 0.891. The summed E-state index contributed by atoms with van der Waals surface area (Å²) in [5.74, 6) is 2.01. The molecule has 0 amide bonds. The van der Waals surface area contributed by atoms with Crippen molar-refractivity contribution in [2.75, 3.05) is 7.05 Å². The molecule has 1 aromatic heterocycles. The van der Waals surface area contributed by atoms with E-state index in [4.69, 9.17) is 4.74 Å². The van der Waals surface area contributed by atoms with Crippen LogP contribution in [0.15, 0.2) is 36.5 Å². The van der Waals surface area contributed by atoms with Crippen LogP contribution in [0.25, 0.3) is 0 Å². The largest absolute Gasteiger partial charge is 0.439 e. The molecular formula is C17H22N2O. The van der Waals surface area contributed by atoms with Crippen LogP contribution < -0.4 is 10.1 Å². The van der Waals surface area contributed by atoms with Crippen molar-refractivity contribution in [3.8, 4) is 11.6 Å². The van der Waals surface area contributed by atoms with E-state index in [2.05, 4.69) is 49.3 Å². The lowest BCUT2D eigenvalue weighted by Crippen LogP contribution is -2.05. The molecule has 1 aromatic carbocycles. The Bertz CT molecular complexity index is 579. The lowest BCUT2D eigenvalue weighted by Gasteiger charge is -2.12. The maximum atomic E-state index is 5.95. The van der Waals surface area contributed by atoms with Gasteiger partial charge in [-0.25, -0.2) is 4.98 Å². The highest BCUT2D eigenvalue weighted by molar-refractivity contribution is 5.40. The average molecular weight is 270 g/mol. The smallest absolute Gasteiger partial charge is 0.219 e. The Hall–Kier alpha value is -1.87. The molecule has 0 radical (unpaired) electrons. The van der Waals surface area contributed by atoms with Gasteiger partial charge in [0.05, 0.1) is 0 Å². The minimum atomic E-state index is 0.488. The van der Waals surface area contributed by atoms with Gasteiger partial charge in [0.2, 0.25) is 5.88 Å². The van der Waals surface area contributed by atoms with E-state index in [1.807, 2.05) is 19.2 Å². The van der Waals surface area contributed by atoms with E-state index < -0.39 is 0 Å². The van der Waals surface area contributed by atoms with Crippen LogP contribution in [0, 0.1) is 6.92 Å². The third-order valence-electron chi connectivity index (χ3n) is 3.27. The lowest BCUT2D eigenvalue weighted by molar-refractivity contribution is 0.457. The number of aromatic nitrogens is 1. The molecule has 0 aliphatic carbocycles. The predicted octanol–water partition coefficient (Wildman–Crippen LogP) is 4.03. The van der Waals surface area contributed by atoms with Gasteiger partial charge in [0.1, 0.15) is 5.75 Å². The Morgan fingerprint density at radius 1 is 1.20 bits per heavy atom. The lowest BCUT2D eigenvalue weighted by atomic mass is 10.0. The van der Waals surface area contributed by atoms with Crippen LogP contribution in [0.1, 0.15) is 36.5 Å². The predicted molar refractivity (Wildman–Crippen MR) is 82.3 cm³/mol. The summed E-state index contributed by atoms with van der Waals surface area (Å²) in [5.41, 5.74) is 3.56. The van der Waals surface area contributed by atoms with E-state index >= 15 is 0 Å². The Kier molecular flexibility index (Phi) is 4.74. The van der Waals surface area contributed by atoms with Crippen molar-refractivity contribution in [1.82, 2.24) is 10.3 Å². The van der Waals surface area contributed by atoms with Gasteiger partial charge < -0.3 is 10.1 Å². The number of benzene rings is 1. The first-order valence-corrected chi connectivity index (χ1v) is 6.98. The normalized spacial score (nSPS) is 10.8. The van der Waals surface area contributed by atoms with Crippen LogP contribution in [0.5, 0.6) is 11.6 Å². The van der Waals surface area contributed by atoms with Gasteiger partial charge in [-0.2, -0.15) is 0 Å². The number of ether oxygens (including phenoxy) is 1. The molecule has 20 heavy (non-hydrogen) atoms. The van der Waals surface area contributed by atoms with Gasteiger partial charge in [-0.1, -0.05) is 26.0 Å². The molecule has 2 rings (SSSR count). The summed E-state index contributed by atoms with van der Waals surface area (Å²) in [7, 11) is 1.93. The van der Waals surface area contributed by atoms with Crippen LogP contribution in [-0.4, -0.2) is 12.0 Å². The van der Waals surface area contributed by atoms with Crippen molar-refractivity contribution in [3.63, 3.8) is 0 Å². The van der Waals surface area contributed by atoms with Crippen LogP contribution in [-0.2, 0) is 6.54 Å². The first kappa shape index (κ1) is 14.5. The van der Waals surface area contributed by atoms with Crippen molar-refractivity contribution < 1.29 is 4.74 Å². The molecule has 1 N–H and O–H groups in total. The molecule has 3 nitrogen and oxygen atoms in total. The van der Waals surface area contributed by atoms with Gasteiger partial charge in [-0.3, -0.25) is 0 Å². The summed E-state index contributed by atoms with van der Waals surface area (Å²) in [6, 6.07) is 10.3. The topological polar surface area (TPSA) is 34.2 Å². The molecule has 0 fully saturated rings. The third-order valence-corrected chi connectivity index (χ3v) is 3.27. The first-order valence-electron chi connectivity index (χ1n) is 6.98. The summed E-state index contributed by atoms with van der Waals surface area (Å²) in [5, 5.41) is 3.13. The second-order valence-electron chi connectivity index (χ2n) is 5.31. The molecule has 0 atom stereocenters. The van der Waals surface area contributed by atoms with E-state index in [0.29, 0.717) is 11.8 Å². The van der Waals surface area contributed by atoms with Crippen molar-refractivity contribution in [2.45, 2.75) is 33.2 Å². The zero-order valence-corrected chi connectivity index (χ0v) is 12.6. The Morgan fingerprint density at radius 2 is 2.00 bits per heavy atom. The van der Waals surface area contributed by atoms with Gasteiger partial charge in [-0.05, 0) is 48.7 Å². The molecule has 0 bridgehead atoms. The van der Waals surface area contributed by atoms with Crippen LogP contribution in [0.3, 0.4) is 0 Å². The fraction of sp³-hybridized carbons (Fsp3) is 0.353. The van der Waals surface area contributed by atoms with Crippen LogP contribution in [0.4, 0.5) is 0 Å². The molecule has 2 aromatic rings. The third kappa shape index (κ3) is 3.58. The summed E-state index contributed by atoms with van der Waals surface area (Å²) in [6.45, 7) is 7.22. The van der Waals surface area contributed by atoms with Gasteiger partial charge >= 0.3 is 0 Å². The van der Waals surface area contributed by atoms with E-state index in [-0.39, 0.29) is 0 Å². The second-order valence-corrected chi connectivity index (χ2v) is 5.31. The number of pyridine rings is 1. The van der Waals surface area contributed by atoms with E-state index in [9.17, 15) is 0 Å². The Labute approximate surface area is 121 Å². The summed E-state index contributed by atoms with van der Waals surface area (Å²) in [4.78, 5) is 4.28. The fourth-order valence-electron chi connectivity index (χ4n) is 2.02. The van der Waals surface area contributed by atoms with Gasteiger partial charge in [0.15, 0.2) is 0 Å². The molecular weight excluding hydrogens is 248 g/mol. The number of aryl methyl sites for hydroxylation is 1. The SMILES string of the molecule is CNCc1ccnc(Oc2cc(C(C)C)ccc2C)c1. The van der Waals surface area contributed by atoms with Crippen LogP contribution >= 0.6 is 0 Å². The van der Waals surface area contributed by atoms with Crippen molar-refractivity contribution in [3.05, 3.63) is 53.2 Å². The molecule has 0 saturated carbocycles. The highest BCUT2D eigenvalue weighted by atomic mass is 16.5. The number of nitrogens with zero attached hydrogens (tertiary/aromatic N) is 1. The molecule has 0 saturated heterocycles. The average Bonchev–Trinajstić information content (AvgIpc) is 2.42. The molecule has 106 valence electrons. The number of hydrogen-bond donors (Lipinski definition) is 1. The fourth-order valence-corrected chi connectivity index (χ4v) is 2.02. The first-order chi connectivity index (χ1) is 9.60. The number of rotatable bonds is 5. The summed E-state index contributed by atoms with van der Waals surface area (Å²) in [6.07, 6.45) is 1.78. The van der Waals surface area contributed by atoms with Crippen molar-refractivity contribution in [1.29, 1.82) is 0 Å². The maximum absolute atomic E-state index is 5.95. The van der Waals surface area contributed by atoms with Crippen molar-refractivity contribution in [2.24, 2.45) is 0 Å². The molecule has 1 heterocycles. The highest BCUT2D eigenvalue weighted by Gasteiger charge is 2.07. The minimum absolute atomic E-state index is 0.488. The molecule has 3 heteroatoms. The minimum Gasteiger partial charge on any atom is -0.439 e. The standard InChI is InChI=1S/C17H22N2O/c1-12(2)15-6-5-13(3)16(10-15)20-17-9-14(11-18-4)7-8-19-17/h5-10,12,18H,11H2,1-4H3. The van der Waals surface area contributed by atoms with Crippen LogP contribution in [0.2, 0.25) is 0 Å². The summed E-state index contributed by atoms with van der Waals surface area (Å²) >= 11 is 0. The van der Waals surface area contributed by atoms with E-state index in [1.165, 1.54) is 5.56 Å².